The summed E-state index contributed by atoms with van der Waals surface area (Å²) in [5, 5.41) is 0. The van der Waals surface area contributed by atoms with Gasteiger partial charge in [0, 0.05) is 56.2 Å². The maximum Gasteiger partial charge on any atom is 0.337 e. The third-order valence-electron chi connectivity index (χ3n) is 5.68. The van der Waals surface area contributed by atoms with Crippen LogP contribution in [-0.2, 0) is 11.8 Å². The van der Waals surface area contributed by atoms with Gasteiger partial charge < -0.3 is 14.5 Å². The van der Waals surface area contributed by atoms with Gasteiger partial charge in [-0.2, -0.15) is 0 Å². The molecule has 0 aliphatic carbocycles. The summed E-state index contributed by atoms with van der Waals surface area (Å²) in [6.07, 6.45) is 2.58. The molecule has 1 saturated heterocycles. The minimum absolute atomic E-state index is 0.0150. The SMILES string of the molecule is COC(=O)c1cccc(N2CCN(c3nc(-c4ccncc4F)cc(=O)n3C)[C@H](C)C2)c1. The van der Waals surface area contributed by atoms with Gasteiger partial charge >= 0.3 is 5.97 Å². The van der Waals surface area contributed by atoms with Crippen LogP contribution in [0, 0.1) is 5.82 Å². The fraction of sp³-hybridized carbons (Fsp3) is 0.304. The van der Waals surface area contributed by atoms with Crippen LogP contribution >= 0.6 is 0 Å². The van der Waals surface area contributed by atoms with Gasteiger partial charge in [0.2, 0.25) is 5.95 Å². The van der Waals surface area contributed by atoms with Crippen LogP contribution in [0.1, 0.15) is 17.3 Å². The van der Waals surface area contributed by atoms with E-state index in [0.717, 1.165) is 11.9 Å². The highest BCUT2D eigenvalue weighted by Gasteiger charge is 2.27. The molecule has 0 saturated carbocycles. The van der Waals surface area contributed by atoms with Crippen LogP contribution in [0.3, 0.4) is 0 Å². The summed E-state index contributed by atoms with van der Waals surface area (Å²) in [6.45, 7) is 3.97. The van der Waals surface area contributed by atoms with Crippen LogP contribution in [0.2, 0.25) is 0 Å². The molecule has 0 N–H and O–H groups in total. The van der Waals surface area contributed by atoms with Crippen LogP contribution in [-0.4, -0.2) is 53.3 Å². The molecule has 0 unspecified atom stereocenters. The number of piperazine rings is 1. The van der Waals surface area contributed by atoms with Gasteiger partial charge in [-0.1, -0.05) is 6.07 Å². The first-order valence-corrected chi connectivity index (χ1v) is 10.3. The zero-order chi connectivity index (χ0) is 22.8. The quantitative estimate of drug-likeness (QED) is 0.580. The molecule has 9 heteroatoms. The van der Waals surface area contributed by atoms with Crippen molar-refractivity contribution in [2.75, 3.05) is 36.5 Å². The molecule has 166 valence electrons. The number of carbonyl (C=O) groups excluding carboxylic acids is 1. The second-order valence-corrected chi connectivity index (χ2v) is 7.72. The second kappa shape index (κ2) is 8.78. The van der Waals surface area contributed by atoms with E-state index in [1.165, 1.54) is 30.0 Å². The van der Waals surface area contributed by atoms with E-state index < -0.39 is 5.82 Å². The van der Waals surface area contributed by atoms with Crippen molar-refractivity contribution in [2.24, 2.45) is 7.05 Å². The number of methoxy groups -OCH3 is 1. The smallest absolute Gasteiger partial charge is 0.337 e. The molecule has 4 rings (SSSR count). The van der Waals surface area contributed by atoms with Crippen molar-refractivity contribution in [1.29, 1.82) is 0 Å². The van der Waals surface area contributed by atoms with Crippen molar-refractivity contribution >= 4 is 17.6 Å². The number of benzene rings is 1. The number of aromatic nitrogens is 3. The molecule has 0 amide bonds. The predicted octanol–water partition coefficient (Wildman–Crippen LogP) is 2.48. The lowest BCUT2D eigenvalue weighted by Crippen LogP contribution is -2.53. The molecule has 1 aromatic carbocycles. The number of pyridine rings is 1. The molecule has 1 aliphatic rings. The Bertz CT molecular complexity index is 1210. The number of nitrogens with zero attached hydrogens (tertiary/aromatic N) is 5. The highest BCUT2D eigenvalue weighted by Crippen LogP contribution is 2.26. The van der Waals surface area contributed by atoms with Gasteiger partial charge in [-0.05, 0) is 31.2 Å². The van der Waals surface area contributed by atoms with Crippen molar-refractivity contribution < 1.29 is 13.9 Å². The number of esters is 1. The summed E-state index contributed by atoms with van der Waals surface area (Å²) < 4.78 is 20.5. The maximum atomic E-state index is 14.2. The molecule has 1 aliphatic heterocycles. The number of rotatable bonds is 4. The molecule has 0 spiro atoms. The van der Waals surface area contributed by atoms with Gasteiger partial charge in [0.05, 0.1) is 24.6 Å². The Morgan fingerprint density at radius 1 is 1.22 bits per heavy atom. The van der Waals surface area contributed by atoms with E-state index in [0.29, 0.717) is 31.1 Å². The Hall–Kier alpha value is -3.75. The second-order valence-electron chi connectivity index (χ2n) is 7.72. The molecular formula is C23H24FN5O3. The van der Waals surface area contributed by atoms with Gasteiger partial charge in [0.25, 0.3) is 5.56 Å². The Kier molecular flexibility index (Phi) is 5.89. The highest BCUT2D eigenvalue weighted by atomic mass is 19.1. The summed E-state index contributed by atoms with van der Waals surface area (Å²) in [7, 11) is 3.02. The summed E-state index contributed by atoms with van der Waals surface area (Å²) in [4.78, 5) is 37.1. The van der Waals surface area contributed by atoms with Gasteiger partial charge in [-0.3, -0.25) is 14.3 Å². The van der Waals surface area contributed by atoms with Crippen molar-refractivity contribution in [3.05, 3.63) is 70.5 Å². The van der Waals surface area contributed by atoms with Gasteiger partial charge in [-0.15, -0.1) is 0 Å². The lowest BCUT2D eigenvalue weighted by Gasteiger charge is -2.42. The Morgan fingerprint density at radius 2 is 2.03 bits per heavy atom. The van der Waals surface area contributed by atoms with Crippen LogP contribution in [0.4, 0.5) is 16.0 Å². The van der Waals surface area contributed by atoms with Crippen LogP contribution in [0.25, 0.3) is 11.3 Å². The molecule has 3 heterocycles. The highest BCUT2D eigenvalue weighted by molar-refractivity contribution is 5.90. The Labute approximate surface area is 184 Å². The Balaban J connectivity index is 1.61. The van der Waals surface area contributed by atoms with Crippen molar-refractivity contribution in [1.82, 2.24) is 14.5 Å². The predicted molar refractivity (Wildman–Crippen MR) is 119 cm³/mol. The van der Waals surface area contributed by atoms with E-state index in [9.17, 15) is 14.0 Å². The first-order chi connectivity index (χ1) is 15.4. The summed E-state index contributed by atoms with van der Waals surface area (Å²) in [5.74, 6) is -0.417. The molecule has 0 radical (unpaired) electrons. The van der Waals surface area contributed by atoms with E-state index >= 15 is 0 Å². The van der Waals surface area contributed by atoms with Gasteiger partial charge in [0.1, 0.15) is 0 Å². The molecular weight excluding hydrogens is 413 g/mol. The molecule has 2 aromatic heterocycles. The van der Waals surface area contributed by atoms with Crippen LogP contribution in [0.5, 0.6) is 0 Å². The monoisotopic (exact) mass is 437 g/mol. The van der Waals surface area contributed by atoms with E-state index in [2.05, 4.69) is 14.9 Å². The standard InChI is InChI=1S/C23H24FN5O3/c1-15-14-28(17-6-4-5-16(11-17)22(31)32-3)9-10-29(15)23-26-20(12-21(30)27(23)2)18-7-8-25-13-19(18)24/h4-8,11-13,15H,9-10,14H2,1-3H3/t15-/m1/s1. The number of hydrogen-bond donors (Lipinski definition) is 0. The fourth-order valence-corrected chi connectivity index (χ4v) is 3.94. The summed E-state index contributed by atoms with van der Waals surface area (Å²) in [5.41, 5.74) is 1.68. The van der Waals surface area contributed by atoms with E-state index in [4.69, 9.17) is 4.74 Å². The molecule has 0 bridgehead atoms. The van der Waals surface area contributed by atoms with Crippen molar-refractivity contribution in [2.45, 2.75) is 13.0 Å². The Morgan fingerprint density at radius 3 is 2.75 bits per heavy atom. The van der Waals surface area contributed by atoms with Crippen molar-refractivity contribution in [3.63, 3.8) is 0 Å². The maximum absolute atomic E-state index is 14.2. The van der Waals surface area contributed by atoms with Gasteiger partial charge in [0.15, 0.2) is 5.82 Å². The zero-order valence-corrected chi connectivity index (χ0v) is 18.2. The first kappa shape index (κ1) is 21.5. The minimum atomic E-state index is -0.525. The molecule has 3 aromatic rings. The van der Waals surface area contributed by atoms with E-state index in [1.807, 2.05) is 30.0 Å². The number of hydrogen-bond acceptors (Lipinski definition) is 7. The van der Waals surface area contributed by atoms with Crippen molar-refractivity contribution in [3.8, 4) is 11.3 Å². The lowest BCUT2D eigenvalue weighted by molar-refractivity contribution is 0.0600. The number of anilines is 2. The third-order valence-corrected chi connectivity index (χ3v) is 5.68. The number of halogens is 1. The lowest BCUT2D eigenvalue weighted by atomic mass is 10.1. The molecule has 1 atom stereocenters. The third kappa shape index (κ3) is 4.05. The largest absolute Gasteiger partial charge is 0.465 e. The summed E-state index contributed by atoms with van der Waals surface area (Å²) in [6, 6.07) is 10.2. The number of ether oxygens (including phenoxy) is 1. The zero-order valence-electron chi connectivity index (χ0n) is 18.2. The minimum Gasteiger partial charge on any atom is -0.465 e. The van der Waals surface area contributed by atoms with Crippen LogP contribution < -0.4 is 15.4 Å². The molecule has 1 fully saturated rings. The van der Waals surface area contributed by atoms with E-state index in [-0.39, 0.29) is 28.8 Å². The molecule has 32 heavy (non-hydrogen) atoms. The van der Waals surface area contributed by atoms with Crippen LogP contribution in [0.15, 0.2) is 53.6 Å². The topological polar surface area (TPSA) is 80.6 Å². The number of carbonyl (C=O) groups is 1. The average molecular weight is 437 g/mol. The van der Waals surface area contributed by atoms with E-state index in [1.54, 1.807) is 13.1 Å². The average Bonchev–Trinajstić information content (AvgIpc) is 2.81. The molecule has 8 nitrogen and oxygen atoms in total. The summed E-state index contributed by atoms with van der Waals surface area (Å²) >= 11 is 0. The van der Waals surface area contributed by atoms with Gasteiger partial charge in [-0.25, -0.2) is 14.2 Å². The normalized spacial score (nSPS) is 16.2. The first-order valence-electron chi connectivity index (χ1n) is 10.3. The fourth-order valence-electron chi connectivity index (χ4n) is 3.94.